The minimum atomic E-state index is -1.38. The van der Waals surface area contributed by atoms with Crippen LogP contribution in [0.15, 0.2) is 0 Å². The molecule has 58 valence electrons. The van der Waals surface area contributed by atoms with Crippen LogP contribution in [0, 0.1) is 0 Å². The molecule has 0 unspecified atom stereocenters. The molecule has 0 amide bonds. The van der Waals surface area contributed by atoms with Gasteiger partial charge in [0.1, 0.15) is 0 Å². The van der Waals surface area contributed by atoms with Crippen LogP contribution in [-0.4, -0.2) is 17.7 Å². The van der Waals surface area contributed by atoms with Gasteiger partial charge in [-0.05, 0) is 23.6 Å². The second-order valence-electron chi connectivity index (χ2n) is 2.21. The van der Waals surface area contributed by atoms with Crippen molar-refractivity contribution in [3.8, 4) is 0 Å². The maximum Gasteiger partial charge on any atom is 0.555 e. The van der Waals surface area contributed by atoms with Crippen LogP contribution in [-0.2, 0) is 8.37 Å². The van der Waals surface area contributed by atoms with Crippen molar-refractivity contribution in [2.24, 2.45) is 0 Å². The number of hydrogen-bond acceptors (Lipinski definition) is 4. The second-order valence-corrected chi connectivity index (χ2v) is 6.94. The van der Waals surface area contributed by atoms with Crippen molar-refractivity contribution in [1.29, 1.82) is 0 Å². The molecule has 2 fully saturated rings. The van der Waals surface area contributed by atoms with Crippen molar-refractivity contribution in [2.45, 2.75) is 12.8 Å². The third-order valence-electron chi connectivity index (χ3n) is 1.44. The van der Waals surface area contributed by atoms with Gasteiger partial charge in [0.2, 0.25) is 0 Å². The lowest BCUT2D eigenvalue weighted by Crippen LogP contribution is -2.28. The molecule has 0 atom stereocenters. The quantitative estimate of drug-likeness (QED) is 0.535. The number of carbonyl (C=O) groups is 1. The highest BCUT2D eigenvalue weighted by molar-refractivity contribution is 8.91. The molecule has 0 bridgehead atoms. The molecule has 2 heterocycles. The zero-order chi connectivity index (χ0) is 7.03. The monoisotopic (exact) mass is 180 g/mol. The summed E-state index contributed by atoms with van der Waals surface area (Å²) >= 11 is 0. The van der Waals surface area contributed by atoms with E-state index in [-0.39, 0.29) is 0 Å². The molecule has 0 radical (unpaired) electrons. The zero-order valence-electron chi connectivity index (χ0n) is 5.37. The third kappa shape index (κ3) is 0.971. The third-order valence-corrected chi connectivity index (χ3v) is 6.31. The Morgan fingerprint density at radius 3 is 2.70 bits per heavy atom. The van der Waals surface area contributed by atoms with Gasteiger partial charge in [-0.2, -0.15) is 4.79 Å². The normalized spacial score (nSPS) is 31.8. The second kappa shape index (κ2) is 2.23. The zero-order valence-corrected chi connectivity index (χ0v) is 7.00. The Bertz CT molecular complexity index is 154. The molecular formula is C5H8O3S2. The van der Waals surface area contributed by atoms with Gasteiger partial charge in [-0.25, -0.2) is 0 Å². The summed E-state index contributed by atoms with van der Waals surface area (Å²) < 4.78 is 9.91. The van der Waals surface area contributed by atoms with Crippen molar-refractivity contribution in [3.63, 3.8) is 0 Å². The summed E-state index contributed by atoms with van der Waals surface area (Å²) in [4.78, 5) is 10.3. The maximum absolute atomic E-state index is 10.3. The highest BCUT2D eigenvalue weighted by atomic mass is 33.2. The van der Waals surface area contributed by atoms with E-state index >= 15 is 0 Å². The lowest BCUT2D eigenvalue weighted by molar-refractivity contribution is 0.126. The molecule has 2 saturated heterocycles. The standard InChI is InChI=1S/C5H8O3S2/c6-5-7-10(8-5)4-2-1-3-9-10/h1-4H2. The van der Waals surface area contributed by atoms with Gasteiger partial charge < -0.3 is 0 Å². The van der Waals surface area contributed by atoms with Gasteiger partial charge in [-0.15, -0.1) is 0 Å². The first-order valence-corrected chi connectivity index (χ1v) is 6.34. The molecule has 2 aliphatic heterocycles. The number of rotatable bonds is 0. The van der Waals surface area contributed by atoms with Crippen molar-refractivity contribution < 1.29 is 13.2 Å². The van der Waals surface area contributed by atoms with Crippen molar-refractivity contribution >= 4 is 26.6 Å². The van der Waals surface area contributed by atoms with Crippen molar-refractivity contribution in [3.05, 3.63) is 0 Å². The Labute approximate surface area is 64.6 Å². The minimum Gasteiger partial charge on any atom is -0.299 e. The average Bonchev–Trinajstić information content (AvgIpc) is 1.87. The fourth-order valence-electron chi connectivity index (χ4n) is 0.971. The van der Waals surface area contributed by atoms with E-state index in [4.69, 9.17) is 8.37 Å². The number of carbonyl (C=O) groups excluding carboxylic acids is 1. The van der Waals surface area contributed by atoms with E-state index in [2.05, 4.69) is 0 Å². The van der Waals surface area contributed by atoms with Gasteiger partial charge in [0, 0.05) is 5.75 Å². The molecule has 5 heteroatoms. The molecule has 0 aromatic carbocycles. The Morgan fingerprint density at radius 2 is 2.20 bits per heavy atom. The Hall–Kier alpha value is -0.0300. The fraction of sp³-hybridized carbons (Fsp3) is 0.800. The highest BCUT2D eigenvalue weighted by Crippen LogP contribution is 2.70. The largest absolute Gasteiger partial charge is 0.555 e. The average molecular weight is 180 g/mol. The Morgan fingerprint density at radius 1 is 1.40 bits per heavy atom. The summed E-state index contributed by atoms with van der Waals surface area (Å²) in [7, 11) is 0.294. The van der Waals surface area contributed by atoms with Gasteiger partial charge in [0.05, 0.1) is 5.75 Å². The van der Waals surface area contributed by atoms with Crippen LogP contribution in [0.2, 0.25) is 0 Å². The molecular weight excluding hydrogens is 172 g/mol. The molecule has 0 saturated carbocycles. The van der Waals surface area contributed by atoms with E-state index in [1.165, 1.54) is 6.42 Å². The van der Waals surface area contributed by atoms with Gasteiger partial charge >= 0.3 is 6.16 Å². The molecule has 3 nitrogen and oxygen atoms in total. The summed E-state index contributed by atoms with van der Waals surface area (Å²) in [5.74, 6) is 2.01. The van der Waals surface area contributed by atoms with Crippen molar-refractivity contribution in [2.75, 3.05) is 11.5 Å². The summed E-state index contributed by atoms with van der Waals surface area (Å²) in [5.41, 5.74) is 0. The smallest absolute Gasteiger partial charge is 0.299 e. The fourth-order valence-corrected chi connectivity index (χ4v) is 5.36. The first kappa shape index (κ1) is 6.67. The lowest BCUT2D eigenvalue weighted by atomic mass is 10.4. The van der Waals surface area contributed by atoms with Crippen LogP contribution in [0.3, 0.4) is 0 Å². The van der Waals surface area contributed by atoms with E-state index < -0.39 is 15.8 Å². The summed E-state index contributed by atoms with van der Waals surface area (Å²) in [6.07, 6.45) is 1.88. The SMILES string of the molecule is O=C1OS2(CCCCS2)O1. The van der Waals surface area contributed by atoms with Crippen LogP contribution >= 0.6 is 20.4 Å². The minimum absolute atomic E-state index is 0.482. The first-order valence-electron chi connectivity index (χ1n) is 3.19. The molecule has 0 aromatic rings. The van der Waals surface area contributed by atoms with Gasteiger partial charge in [0.15, 0.2) is 0 Å². The van der Waals surface area contributed by atoms with E-state index in [0.29, 0.717) is 0 Å². The van der Waals surface area contributed by atoms with Crippen LogP contribution < -0.4 is 0 Å². The van der Waals surface area contributed by atoms with E-state index in [1.54, 1.807) is 10.8 Å². The van der Waals surface area contributed by atoms with Gasteiger partial charge in [-0.3, -0.25) is 8.37 Å². The lowest BCUT2D eigenvalue weighted by Gasteiger charge is -2.47. The predicted octanol–water partition coefficient (Wildman–Crippen LogP) is 2.23. The summed E-state index contributed by atoms with van der Waals surface area (Å²) in [6.45, 7) is 0. The Kier molecular flexibility index (Phi) is 1.49. The molecule has 10 heavy (non-hydrogen) atoms. The number of hydrogen-bond donors (Lipinski definition) is 0. The molecule has 1 spiro atoms. The predicted molar refractivity (Wildman–Crippen MR) is 41.7 cm³/mol. The molecule has 0 aliphatic carbocycles. The first-order chi connectivity index (χ1) is 4.81. The van der Waals surface area contributed by atoms with Crippen LogP contribution in [0.25, 0.3) is 0 Å². The van der Waals surface area contributed by atoms with Gasteiger partial charge in [0.25, 0.3) is 0 Å². The Balaban J connectivity index is 1.96. The van der Waals surface area contributed by atoms with Crippen LogP contribution in [0.4, 0.5) is 4.79 Å². The van der Waals surface area contributed by atoms with Gasteiger partial charge in [-0.1, -0.05) is 9.62 Å². The molecule has 2 rings (SSSR count). The molecule has 2 aliphatic rings. The maximum atomic E-state index is 10.3. The summed E-state index contributed by atoms with van der Waals surface area (Å²) in [5, 5.41) is 0. The van der Waals surface area contributed by atoms with Crippen LogP contribution in [0.5, 0.6) is 0 Å². The summed E-state index contributed by atoms with van der Waals surface area (Å²) in [6, 6.07) is 0. The van der Waals surface area contributed by atoms with Crippen LogP contribution in [0.1, 0.15) is 12.8 Å². The van der Waals surface area contributed by atoms with Crippen molar-refractivity contribution in [1.82, 2.24) is 0 Å². The molecule has 0 N–H and O–H groups in total. The van der Waals surface area contributed by atoms with E-state index in [1.807, 2.05) is 0 Å². The topological polar surface area (TPSA) is 35.5 Å². The van der Waals surface area contributed by atoms with E-state index in [9.17, 15) is 4.79 Å². The van der Waals surface area contributed by atoms with E-state index in [0.717, 1.165) is 17.9 Å². The molecule has 0 aromatic heterocycles. The highest BCUT2D eigenvalue weighted by Gasteiger charge is 2.42.